The van der Waals surface area contributed by atoms with Gasteiger partial charge in [0.05, 0.1) is 5.52 Å². The van der Waals surface area contributed by atoms with E-state index >= 15 is 0 Å². The molecule has 2 nitrogen and oxygen atoms in total. The van der Waals surface area contributed by atoms with Gasteiger partial charge in [0.2, 0.25) is 0 Å². The highest BCUT2D eigenvalue weighted by Crippen LogP contribution is 2.28. The van der Waals surface area contributed by atoms with Crippen LogP contribution in [0.5, 0.6) is 0 Å². The van der Waals surface area contributed by atoms with Crippen molar-refractivity contribution in [2.45, 2.75) is 20.8 Å². The lowest BCUT2D eigenvalue weighted by Gasteiger charge is -2.12. The van der Waals surface area contributed by atoms with Gasteiger partial charge in [0, 0.05) is 22.5 Å². The highest BCUT2D eigenvalue weighted by molar-refractivity contribution is 5.93. The van der Waals surface area contributed by atoms with Crippen LogP contribution in [0, 0.1) is 26.6 Å². The van der Waals surface area contributed by atoms with E-state index in [0.29, 0.717) is 0 Å². The van der Waals surface area contributed by atoms with E-state index in [4.69, 9.17) is 0 Å². The van der Waals surface area contributed by atoms with Crippen molar-refractivity contribution >= 4 is 22.3 Å². The summed E-state index contributed by atoms with van der Waals surface area (Å²) in [4.78, 5) is 4.45. The molecule has 3 aromatic rings. The summed E-state index contributed by atoms with van der Waals surface area (Å²) in [6.07, 6.45) is 0. The molecule has 3 rings (SSSR count). The number of aromatic nitrogens is 1. The first kappa shape index (κ1) is 13.6. The maximum Gasteiger partial charge on any atom is 0.124 e. The van der Waals surface area contributed by atoms with E-state index in [1.54, 1.807) is 6.07 Å². The SMILES string of the molecule is Cc1cc(C)cc(Nc2cc(C)nc3ccc(F)cc23)c1. The van der Waals surface area contributed by atoms with Crippen molar-refractivity contribution in [1.82, 2.24) is 4.98 Å². The zero-order valence-corrected chi connectivity index (χ0v) is 12.4. The molecule has 1 aromatic heterocycles. The fourth-order valence-electron chi connectivity index (χ4n) is 2.64. The molecule has 0 aliphatic heterocycles. The Morgan fingerprint density at radius 1 is 0.905 bits per heavy atom. The van der Waals surface area contributed by atoms with Crippen LogP contribution in [-0.4, -0.2) is 4.98 Å². The summed E-state index contributed by atoms with van der Waals surface area (Å²) < 4.78 is 13.5. The van der Waals surface area contributed by atoms with Crippen LogP contribution in [0.4, 0.5) is 15.8 Å². The van der Waals surface area contributed by atoms with Crippen molar-refractivity contribution in [3.63, 3.8) is 0 Å². The highest BCUT2D eigenvalue weighted by Gasteiger charge is 2.06. The second-order valence-corrected chi connectivity index (χ2v) is 5.47. The zero-order chi connectivity index (χ0) is 15.0. The summed E-state index contributed by atoms with van der Waals surface area (Å²) in [6, 6.07) is 12.9. The quantitative estimate of drug-likeness (QED) is 0.711. The summed E-state index contributed by atoms with van der Waals surface area (Å²) >= 11 is 0. The standard InChI is InChI=1S/C18H17FN2/c1-11-6-12(2)8-15(7-11)21-18-9-13(3)20-17-5-4-14(19)10-16(17)18/h4-10H,1-3H3,(H,20,21). The number of hydrogen-bond donors (Lipinski definition) is 1. The third kappa shape index (κ3) is 2.87. The predicted octanol–water partition coefficient (Wildman–Crippen LogP) is 5.04. The highest BCUT2D eigenvalue weighted by atomic mass is 19.1. The number of rotatable bonds is 2. The summed E-state index contributed by atoms with van der Waals surface area (Å²) in [6.45, 7) is 6.07. The van der Waals surface area contributed by atoms with Gasteiger partial charge in [-0.3, -0.25) is 4.98 Å². The number of fused-ring (bicyclic) bond motifs is 1. The largest absolute Gasteiger partial charge is 0.355 e. The summed E-state index contributed by atoms with van der Waals surface area (Å²) in [5.41, 5.74) is 5.97. The van der Waals surface area contributed by atoms with Crippen molar-refractivity contribution in [2.24, 2.45) is 0 Å². The van der Waals surface area contributed by atoms with E-state index in [2.05, 4.69) is 42.3 Å². The van der Waals surface area contributed by atoms with Gasteiger partial charge < -0.3 is 5.32 Å². The van der Waals surface area contributed by atoms with Crippen LogP contribution in [0.15, 0.2) is 42.5 Å². The Morgan fingerprint density at radius 3 is 2.33 bits per heavy atom. The molecular weight excluding hydrogens is 263 g/mol. The van der Waals surface area contributed by atoms with Gasteiger partial charge in [0.1, 0.15) is 5.82 Å². The van der Waals surface area contributed by atoms with E-state index in [1.165, 1.54) is 23.3 Å². The second kappa shape index (κ2) is 5.17. The van der Waals surface area contributed by atoms with Gasteiger partial charge in [-0.15, -0.1) is 0 Å². The van der Waals surface area contributed by atoms with Crippen molar-refractivity contribution in [1.29, 1.82) is 0 Å². The predicted molar refractivity (Wildman–Crippen MR) is 85.6 cm³/mol. The molecule has 0 amide bonds. The van der Waals surface area contributed by atoms with Crippen LogP contribution in [0.25, 0.3) is 10.9 Å². The number of pyridine rings is 1. The molecule has 0 fully saturated rings. The first-order valence-electron chi connectivity index (χ1n) is 6.93. The van der Waals surface area contributed by atoms with Crippen LogP contribution < -0.4 is 5.32 Å². The normalized spacial score (nSPS) is 10.9. The molecule has 0 aliphatic rings. The number of nitrogens with one attached hydrogen (secondary N) is 1. The Morgan fingerprint density at radius 2 is 1.62 bits per heavy atom. The Labute approximate surface area is 123 Å². The first-order valence-corrected chi connectivity index (χ1v) is 6.93. The fraction of sp³-hybridized carbons (Fsp3) is 0.167. The van der Waals surface area contributed by atoms with Gasteiger partial charge in [0.25, 0.3) is 0 Å². The average Bonchev–Trinajstić information content (AvgIpc) is 2.38. The van der Waals surface area contributed by atoms with Crippen molar-refractivity contribution in [3.05, 3.63) is 65.1 Å². The fourth-order valence-corrected chi connectivity index (χ4v) is 2.64. The first-order chi connectivity index (χ1) is 10.0. The Kier molecular flexibility index (Phi) is 3.34. The molecule has 21 heavy (non-hydrogen) atoms. The van der Waals surface area contributed by atoms with Gasteiger partial charge in [-0.2, -0.15) is 0 Å². The number of benzene rings is 2. The van der Waals surface area contributed by atoms with E-state index in [0.717, 1.165) is 28.0 Å². The molecule has 0 aliphatic carbocycles. The van der Waals surface area contributed by atoms with E-state index in [1.807, 2.05) is 13.0 Å². The molecule has 0 radical (unpaired) electrons. The number of aryl methyl sites for hydroxylation is 3. The van der Waals surface area contributed by atoms with Gasteiger partial charge in [-0.1, -0.05) is 6.07 Å². The number of halogens is 1. The van der Waals surface area contributed by atoms with Gasteiger partial charge in [0.15, 0.2) is 0 Å². The third-order valence-corrected chi connectivity index (χ3v) is 3.40. The molecule has 0 saturated heterocycles. The molecule has 1 heterocycles. The van der Waals surface area contributed by atoms with Crippen molar-refractivity contribution < 1.29 is 4.39 Å². The van der Waals surface area contributed by atoms with Crippen LogP contribution in [0.1, 0.15) is 16.8 Å². The van der Waals surface area contributed by atoms with Crippen molar-refractivity contribution in [3.8, 4) is 0 Å². The Hall–Kier alpha value is -2.42. The molecule has 0 atom stereocenters. The van der Waals surface area contributed by atoms with Crippen LogP contribution in [0.3, 0.4) is 0 Å². The molecule has 106 valence electrons. The number of hydrogen-bond acceptors (Lipinski definition) is 2. The summed E-state index contributed by atoms with van der Waals surface area (Å²) in [5.74, 6) is -0.253. The van der Waals surface area contributed by atoms with Crippen LogP contribution >= 0.6 is 0 Å². The molecule has 1 N–H and O–H groups in total. The minimum atomic E-state index is -0.253. The van der Waals surface area contributed by atoms with E-state index < -0.39 is 0 Å². The molecule has 2 aromatic carbocycles. The van der Waals surface area contributed by atoms with Gasteiger partial charge in [-0.05, 0) is 68.3 Å². The Balaban J connectivity index is 2.13. The molecular formula is C18H17FN2. The monoisotopic (exact) mass is 280 g/mol. The van der Waals surface area contributed by atoms with E-state index in [-0.39, 0.29) is 5.82 Å². The molecule has 3 heteroatoms. The maximum atomic E-state index is 13.5. The Bertz CT molecular complexity index is 805. The minimum Gasteiger partial charge on any atom is -0.355 e. The van der Waals surface area contributed by atoms with Crippen LogP contribution in [-0.2, 0) is 0 Å². The topological polar surface area (TPSA) is 24.9 Å². The minimum absolute atomic E-state index is 0.253. The number of anilines is 2. The van der Waals surface area contributed by atoms with Gasteiger partial charge >= 0.3 is 0 Å². The van der Waals surface area contributed by atoms with Crippen molar-refractivity contribution in [2.75, 3.05) is 5.32 Å². The lowest BCUT2D eigenvalue weighted by atomic mass is 10.1. The number of nitrogens with zero attached hydrogens (tertiary/aromatic N) is 1. The smallest absolute Gasteiger partial charge is 0.124 e. The van der Waals surface area contributed by atoms with E-state index in [9.17, 15) is 4.39 Å². The summed E-state index contributed by atoms with van der Waals surface area (Å²) in [5, 5.41) is 4.18. The van der Waals surface area contributed by atoms with Gasteiger partial charge in [-0.25, -0.2) is 4.39 Å². The molecule has 0 bridgehead atoms. The second-order valence-electron chi connectivity index (χ2n) is 5.47. The molecule has 0 spiro atoms. The zero-order valence-electron chi connectivity index (χ0n) is 12.4. The third-order valence-electron chi connectivity index (χ3n) is 3.40. The average molecular weight is 280 g/mol. The molecule has 0 saturated carbocycles. The lowest BCUT2D eigenvalue weighted by molar-refractivity contribution is 0.629. The summed E-state index contributed by atoms with van der Waals surface area (Å²) in [7, 11) is 0. The molecule has 0 unspecified atom stereocenters. The maximum absolute atomic E-state index is 13.5. The lowest BCUT2D eigenvalue weighted by Crippen LogP contribution is -1.96. The van der Waals surface area contributed by atoms with Crippen LogP contribution in [0.2, 0.25) is 0 Å².